The molecule has 1 unspecified atom stereocenters. The van der Waals surface area contributed by atoms with E-state index in [-0.39, 0.29) is 16.2 Å². The number of nitrogens with one attached hydrogen (secondary N) is 1. The molecule has 0 aromatic heterocycles. The van der Waals surface area contributed by atoms with Crippen LogP contribution >= 0.6 is 0 Å². The lowest BCUT2D eigenvalue weighted by atomic mass is 10.1. The Morgan fingerprint density at radius 2 is 1.82 bits per heavy atom. The minimum absolute atomic E-state index is 0.0680. The Labute approximate surface area is 164 Å². The van der Waals surface area contributed by atoms with Gasteiger partial charge in [0.05, 0.1) is 16.2 Å². The SMILES string of the molecule is CCS(=O)(=O)c1ccccc1C(=O)OC(C)C(=O)Nc1ccc2c(c1)CCC2. The average Bonchev–Trinajstić information content (AvgIpc) is 3.15. The van der Waals surface area contributed by atoms with Crippen LogP contribution in [0.3, 0.4) is 0 Å². The Balaban J connectivity index is 1.70. The zero-order valence-corrected chi connectivity index (χ0v) is 16.7. The summed E-state index contributed by atoms with van der Waals surface area (Å²) in [5.74, 6) is -1.45. The van der Waals surface area contributed by atoms with E-state index in [0.29, 0.717) is 5.69 Å². The first-order valence-electron chi connectivity index (χ1n) is 9.27. The highest BCUT2D eigenvalue weighted by Crippen LogP contribution is 2.25. The molecule has 1 aliphatic rings. The van der Waals surface area contributed by atoms with E-state index < -0.39 is 27.8 Å². The summed E-state index contributed by atoms with van der Waals surface area (Å²) < 4.78 is 29.6. The molecule has 0 fully saturated rings. The maximum Gasteiger partial charge on any atom is 0.340 e. The number of anilines is 1. The number of fused-ring (bicyclic) bond motifs is 1. The van der Waals surface area contributed by atoms with Crippen molar-refractivity contribution >= 4 is 27.4 Å². The first-order valence-corrected chi connectivity index (χ1v) is 10.9. The Hall–Kier alpha value is -2.67. The van der Waals surface area contributed by atoms with Crippen molar-refractivity contribution in [1.29, 1.82) is 0 Å². The molecule has 0 radical (unpaired) electrons. The summed E-state index contributed by atoms with van der Waals surface area (Å²) in [5.41, 5.74) is 3.11. The van der Waals surface area contributed by atoms with Gasteiger partial charge in [-0.1, -0.05) is 25.1 Å². The number of sulfone groups is 1. The van der Waals surface area contributed by atoms with Crippen LogP contribution in [0.2, 0.25) is 0 Å². The standard InChI is InChI=1S/C21H23NO5S/c1-3-28(25,26)19-10-5-4-9-18(19)21(24)27-14(2)20(23)22-17-12-11-15-7-6-8-16(15)13-17/h4-5,9-14H,3,6-8H2,1-2H3,(H,22,23). The molecule has 0 heterocycles. The second-order valence-electron chi connectivity index (χ2n) is 6.77. The van der Waals surface area contributed by atoms with Gasteiger partial charge in [0.25, 0.3) is 5.91 Å². The quantitative estimate of drug-likeness (QED) is 0.751. The monoisotopic (exact) mass is 401 g/mol. The summed E-state index contributed by atoms with van der Waals surface area (Å²) in [5, 5.41) is 2.75. The normalized spacial score (nSPS) is 14.2. The molecule has 148 valence electrons. The maximum atomic E-state index is 12.5. The van der Waals surface area contributed by atoms with Crippen LogP contribution in [0.5, 0.6) is 0 Å². The van der Waals surface area contributed by atoms with Crippen LogP contribution < -0.4 is 5.32 Å². The third kappa shape index (κ3) is 4.25. The number of hydrogen-bond acceptors (Lipinski definition) is 5. The van der Waals surface area contributed by atoms with Crippen LogP contribution in [-0.4, -0.2) is 32.2 Å². The predicted octanol–water partition coefficient (Wildman–Crippen LogP) is 3.15. The van der Waals surface area contributed by atoms with Crippen molar-refractivity contribution in [1.82, 2.24) is 0 Å². The zero-order valence-electron chi connectivity index (χ0n) is 15.9. The first-order chi connectivity index (χ1) is 13.3. The van der Waals surface area contributed by atoms with Gasteiger partial charge in [-0.25, -0.2) is 13.2 Å². The highest BCUT2D eigenvalue weighted by atomic mass is 32.2. The van der Waals surface area contributed by atoms with Gasteiger partial charge < -0.3 is 10.1 Å². The number of carbonyl (C=O) groups excluding carboxylic acids is 2. The Morgan fingerprint density at radius 1 is 1.11 bits per heavy atom. The molecule has 0 spiro atoms. The van der Waals surface area contributed by atoms with Crippen molar-refractivity contribution in [2.45, 2.75) is 44.1 Å². The molecule has 28 heavy (non-hydrogen) atoms. The van der Waals surface area contributed by atoms with Gasteiger partial charge in [-0.3, -0.25) is 4.79 Å². The number of aryl methyl sites for hydroxylation is 2. The molecule has 0 bridgehead atoms. The molecule has 7 heteroatoms. The second-order valence-corrected chi connectivity index (χ2v) is 9.02. The van der Waals surface area contributed by atoms with Gasteiger partial charge in [0.2, 0.25) is 0 Å². The van der Waals surface area contributed by atoms with Crippen molar-refractivity contribution in [2.24, 2.45) is 0 Å². The number of rotatable bonds is 6. The fourth-order valence-corrected chi connectivity index (χ4v) is 4.32. The average molecular weight is 401 g/mol. The molecular weight excluding hydrogens is 378 g/mol. The Morgan fingerprint density at radius 3 is 2.57 bits per heavy atom. The van der Waals surface area contributed by atoms with Crippen LogP contribution in [-0.2, 0) is 32.2 Å². The third-order valence-corrected chi connectivity index (χ3v) is 6.63. The van der Waals surface area contributed by atoms with Crippen LogP contribution in [0.4, 0.5) is 5.69 Å². The molecule has 2 aromatic carbocycles. The van der Waals surface area contributed by atoms with E-state index in [2.05, 4.69) is 5.32 Å². The molecule has 1 aliphatic carbocycles. The first kappa shape index (κ1) is 20.1. The summed E-state index contributed by atoms with van der Waals surface area (Å²) in [6.45, 7) is 2.96. The Bertz CT molecular complexity index is 1010. The van der Waals surface area contributed by atoms with Crippen LogP contribution in [0.25, 0.3) is 0 Å². The molecular formula is C21H23NO5S. The van der Waals surface area contributed by atoms with Crippen LogP contribution in [0, 0.1) is 0 Å². The maximum absolute atomic E-state index is 12.5. The smallest absolute Gasteiger partial charge is 0.340 e. The number of carbonyl (C=O) groups is 2. The van der Waals surface area contributed by atoms with Gasteiger partial charge in [-0.15, -0.1) is 0 Å². The molecule has 0 saturated heterocycles. The lowest BCUT2D eigenvalue weighted by Gasteiger charge is -2.15. The molecule has 1 N–H and O–H groups in total. The molecule has 3 rings (SSSR count). The summed E-state index contributed by atoms with van der Waals surface area (Å²) >= 11 is 0. The molecule has 0 saturated carbocycles. The molecule has 0 aliphatic heterocycles. The highest BCUT2D eigenvalue weighted by molar-refractivity contribution is 7.91. The number of hydrogen-bond donors (Lipinski definition) is 1. The second kappa shape index (κ2) is 8.14. The molecule has 1 atom stereocenters. The van der Waals surface area contributed by atoms with Crippen molar-refractivity contribution in [3.63, 3.8) is 0 Å². The van der Waals surface area contributed by atoms with Gasteiger partial charge in [-0.2, -0.15) is 0 Å². The lowest BCUT2D eigenvalue weighted by Crippen LogP contribution is -2.30. The summed E-state index contributed by atoms with van der Waals surface area (Å²) in [4.78, 5) is 24.8. The predicted molar refractivity (Wildman–Crippen MR) is 106 cm³/mol. The summed E-state index contributed by atoms with van der Waals surface area (Å²) in [7, 11) is -3.59. The highest BCUT2D eigenvalue weighted by Gasteiger charge is 2.25. The van der Waals surface area contributed by atoms with Gasteiger partial charge in [0, 0.05) is 5.69 Å². The van der Waals surface area contributed by atoms with Crippen molar-refractivity contribution in [3.8, 4) is 0 Å². The molecule has 6 nitrogen and oxygen atoms in total. The third-order valence-electron chi connectivity index (χ3n) is 4.84. The molecule has 2 aromatic rings. The number of esters is 1. The minimum Gasteiger partial charge on any atom is -0.449 e. The van der Waals surface area contributed by atoms with E-state index in [9.17, 15) is 18.0 Å². The number of amides is 1. The van der Waals surface area contributed by atoms with Crippen molar-refractivity contribution < 1.29 is 22.7 Å². The minimum atomic E-state index is -3.59. The molecule has 1 amide bonds. The van der Waals surface area contributed by atoms with E-state index in [4.69, 9.17) is 4.74 Å². The van der Waals surface area contributed by atoms with E-state index in [1.165, 1.54) is 37.1 Å². The number of ether oxygens (including phenoxy) is 1. The van der Waals surface area contributed by atoms with Crippen LogP contribution in [0.15, 0.2) is 47.4 Å². The zero-order chi connectivity index (χ0) is 20.3. The topological polar surface area (TPSA) is 89.5 Å². The lowest BCUT2D eigenvalue weighted by molar-refractivity contribution is -0.123. The van der Waals surface area contributed by atoms with Gasteiger partial charge >= 0.3 is 5.97 Å². The van der Waals surface area contributed by atoms with Gasteiger partial charge in [-0.05, 0) is 61.6 Å². The fourth-order valence-electron chi connectivity index (χ4n) is 3.23. The van der Waals surface area contributed by atoms with Gasteiger partial charge in [0.15, 0.2) is 15.9 Å². The summed E-state index contributed by atoms with van der Waals surface area (Å²) in [6, 6.07) is 11.6. The van der Waals surface area contributed by atoms with Gasteiger partial charge in [0.1, 0.15) is 0 Å². The van der Waals surface area contributed by atoms with E-state index in [0.717, 1.165) is 19.3 Å². The summed E-state index contributed by atoms with van der Waals surface area (Å²) in [6.07, 6.45) is 2.09. The fraction of sp³-hybridized carbons (Fsp3) is 0.333. The number of benzene rings is 2. The largest absolute Gasteiger partial charge is 0.449 e. The van der Waals surface area contributed by atoms with Crippen LogP contribution in [0.1, 0.15) is 41.8 Å². The van der Waals surface area contributed by atoms with E-state index in [1.54, 1.807) is 12.1 Å². The van der Waals surface area contributed by atoms with Crippen molar-refractivity contribution in [2.75, 3.05) is 11.1 Å². The Kier molecular flexibility index (Phi) is 5.84. The van der Waals surface area contributed by atoms with Crippen molar-refractivity contribution in [3.05, 3.63) is 59.2 Å². The van der Waals surface area contributed by atoms with E-state index >= 15 is 0 Å². The van der Waals surface area contributed by atoms with E-state index in [1.807, 2.05) is 18.2 Å².